The van der Waals surface area contributed by atoms with Gasteiger partial charge in [-0.05, 0) is 31.0 Å². The van der Waals surface area contributed by atoms with Crippen molar-refractivity contribution in [2.24, 2.45) is 0 Å². The molecule has 0 radical (unpaired) electrons. The fourth-order valence-corrected chi connectivity index (χ4v) is 1.60. The summed E-state index contributed by atoms with van der Waals surface area (Å²) in [6, 6.07) is 7.96. The Hall–Kier alpha value is -1.55. The highest BCUT2D eigenvalue weighted by molar-refractivity contribution is 5.77. The number of rotatable bonds is 7. The van der Waals surface area contributed by atoms with Crippen LogP contribution in [0.15, 0.2) is 24.3 Å². The molecule has 1 rings (SSSR count). The van der Waals surface area contributed by atoms with E-state index >= 15 is 0 Å². The summed E-state index contributed by atoms with van der Waals surface area (Å²) in [7, 11) is 1.65. The summed E-state index contributed by atoms with van der Waals surface area (Å²) in [6.07, 6.45) is 0.956. The van der Waals surface area contributed by atoms with Gasteiger partial charge >= 0.3 is 0 Å². The first kappa shape index (κ1) is 14.5. The molecule has 0 saturated carbocycles. The number of carbonyl (C=O) groups excluding carboxylic acids is 1. The SMILES string of the molecule is CCCNC(=O)CN[C@@H](C)c1cccc(OC)c1. The number of benzene rings is 1. The van der Waals surface area contributed by atoms with Crippen LogP contribution in [0.25, 0.3) is 0 Å². The summed E-state index contributed by atoms with van der Waals surface area (Å²) in [4.78, 5) is 11.5. The second kappa shape index (κ2) is 7.71. The Balaban J connectivity index is 2.44. The first-order valence-electron chi connectivity index (χ1n) is 6.31. The molecule has 0 saturated heterocycles. The smallest absolute Gasteiger partial charge is 0.233 e. The summed E-state index contributed by atoms with van der Waals surface area (Å²) in [5.74, 6) is 0.864. The van der Waals surface area contributed by atoms with Gasteiger partial charge in [0.05, 0.1) is 13.7 Å². The predicted molar refractivity (Wildman–Crippen MR) is 72.7 cm³/mol. The molecule has 0 aliphatic carbocycles. The van der Waals surface area contributed by atoms with Crippen LogP contribution in [0.1, 0.15) is 31.9 Å². The summed E-state index contributed by atoms with van der Waals surface area (Å²) in [6.45, 7) is 5.13. The molecule has 0 bridgehead atoms. The van der Waals surface area contributed by atoms with Crippen molar-refractivity contribution in [3.05, 3.63) is 29.8 Å². The largest absolute Gasteiger partial charge is 0.497 e. The van der Waals surface area contributed by atoms with Gasteiger partial charge in [-0.1, -0.05) is 19.1 Å². The molecule has 1 aromatic carbocycles. The van der Waals surface area contributed by atoms with Gasteiger partial charge in [-0.2, -0.15) is 0 Å². The quantitative estimate of drug-likeness (QED) is 0.776. The molecule has 4 heteroatoms. The lowest BCUT2D eigenvalue weighted by Gasteiger charge is -2.14. The zero-order valence-electron chi connectivity index (χ0n) is 11.3. The van der Waals surface area contributed by atoms with Gasteiger partial charge in [0.25, 0.3) is 0 Å². The minimum atomic E-state index is 0.0339. The van der Waals surface area contributed by atoms with Gasteiger partial charge in [0.15, 0.2) is 0 Å². The van der Waals surface area contributed by atoms with Crippen molar-refractivity contribution in [1.82, 2.24) is 10.6 Å². The normalized spacial score (nSPS) is 11.9. The van der Waals surface area contributed by atoms with E-state index < -0.39 is 0 Å². The third kappa shape index (κ3) is 4.75. The molecule has 0 aliphatic rings. The molecule has 0 spiro atoms. The fourth-order valence-electron chi connectivity index (χ4n) is 1.60. The number of ether oxygens (including phenoxy) is 1. The van der Waals surface area contributed by atoms with Crippen molar-refractivity contribution in [3.8, 4) is 5.75 Å². The minimum Gasteiger partial charge on any atom is -0.497 e. The van der Waals surface area contributed by atoms with Crippen molar-refractivity contribution in [2.75, 3.05) is 20.2 Å². The van der Waals surface area contributed by atoms with Crippen molar-refractivity contribution < 1.29 is 9.53 Å². The van der Waals surface area contributed by atoms with Gasteiger partial charge in [-0.15, -0.1) is 0 Å². The van der Waals surface area contributed by atoms with E-state index in [9.17, 15) is 4.79 Å². The highest BCUT2D eigenvalue weighted by Crippen LogP contribution is 2.18. The van der Waals surface area contributed by atoms with Gasteiger partial charge in [0.1, 0.15) is 5.75 Å². The molecule has 2 N–H and O–H groups in total. The Bertz CT molecular complexity index is 380. The number of hydrogen-bond donors (Lipinski definition) is 2. The summed E-state index contributed by atoms with van der Waals surface area (Å²) in [5.41, 5.74) is 1.11. The van der Waals surface area contributed by atoms with Crippen molar-refractivity contribution >= 4 is 5.91 Å². The lowest BCUT2D eigenvalue weighted by Crippen LogP contribution is -2.35. The van der Waals surface area contributed by atoms with Crippen molar-refractivity contribution in [2.45, 2.75) is 26.3 Å². The second-order valence-corrected chi connectivity index (χ2v) is 4.23. The lowest BCUT2D eigenvalue weighted by molar-refractivity contribution is -0.120. The number of amides is 1. The van der Waals surface area contributed by atoms with Crippen LogP contribution < -0.4 is 15.4 Å². The average Bonchev–Trinajstić information content (AvgIpc) is 2.42. The number of carbonyl (C=O) groups is 1. The van der Waals surface area contributed by atoms with Crippen LogP contribution in [0.4, 0.5) is 0 Å². The minimum absolute atomic E-state index is 0.0339. The van der Waals surface area contributed by atoms with Crippen LogP contribution in [0, 0.1) is 0 Å². The van der Waals surface area contributed by atoms with Crippen LogP contribution in [-0.2, 0) is 4.79 Å². The maximum absolute atomic E-state index is 11.5. The van der Waals surface area contributed by atoms with E-state index in [1.54, 1.807) is 7.11 Å². The van der Waals surface area contributed by atoms with Crippen LogP contribution in [-0.4, -0.2) is 26.1 Å². The third-order valence-corrected chi connectivity index (χ3v) is 2.73. The Morgan fingerprint density at radius 2 is 2.22 bits per heavy atom. The standard InChI is InChI=1S/C14H22N2O2/c1-4-8-15-14(17)10-16-11(2)12-6-5-7-13(9-12)18-3/h5-7,9,11,16H,4,8,10H2,1-3H3,(H,15,17)/t11-/m0/s1. The van der Waals surface area contributed by atoms with E-state index in [4.69, 9.17) is 4.74 Å². The zero-order valence-corrected chi connectivity index (χ0v) is 11.3. The molecular formula is C14H22N2O2. The Kier molecular flexibility index (Phi) is 6.22. The highest BCUT2D eigenvalue weighted by Gasteiger charge is 2.07. The molecule has 0 aliphatic heterocycles. The van der Waals surface area contributed by atoms with E-state index in [0.717, 1.165) is 24.3 Å². The van der Waals surface area contributed by atoms with Crippen LogP contribution in [0.2, 0.25) is 0 Å². The first-order chi connectivity index (χ1) is 8.67. The summed E-state index contributed by atoms with van der Waals surface area (Å²) >= 11 is 0. The monoisotopic (exact) mass is 250 g/mol. The average molecular weight is 250 g/mol. The van der Waals surface area contributed by atoms with E-state index in [1.165, 1.54) is 0 Å². The van der Waals surface area contributed by atoms with Gasteiger partial charge in [-0.3, -0.25) is 4.79 Å². The number of methoxy groups -OCH3 is 1. The van der Waals surface area contributed by atoms with Gasteiger partial charge in [0, 0.05) is 12.6 Å². The Morgan fingerprint density at radius 3 is 2.89 bits per heavy atom. The summed E-state index contributed by atoms with van der Waals surface area (Å²) in [5, 5.41) is 6.03. The first-order valence-corrected chi connectivity index (χ1v) is 6.31. The zero-order chi connectivity index (χ0) is 13.4. The van der Waals surface area contributed by atoms with Crippen molar-refractivity contribution in [3.63, 3.8) is 0 Å². The Morgan fingerprint density at radius 1 is 1.44 bits per heavy atom. The predicted octanol–water partition coefficient (Wildman–Crippen LogP) is 1.87. The molecule has 1 amide bonds. The molecule has 0 fully saturated rings. The molecule has 1 aromatic rings. The van der Waals surface area contributed by atoms with Gasteiger partial charge in [0.2, 0.25) is 5.91 Å². The Labute approximate surface area is 109 Å². The van der Waals surface area contributed by atoms with Gasteiger partial charge < -0.3 is 15.4 Å². The summed E-state index contributed by atoms with van der Waals surface area (Å²) < 4.78 is 5.18. The van der Waals surface area contributed by atoms with E-state index in [0.29, 0.717) is 6.54 Å². The fraction of sp³-hybridized carbons (Fsp3) is 0.500. The molecule has 0 heterocycles. The van der Waals surface area contributed by atoms with E-state index in [-0.39, 0.29) is 11.9 Å². The van der Waals surface area contributed by atoms with E-state index in [2.05, 4.69) is 10.6 Å². The van der Waals surface area contributed by atoms with Crippen LogP contribution in [0.5, 0.6) is 5.75 Å². The number of hydrogen-bond acceptors (Lipinski definition) is 3. The maximum atomic E-state index is 11.5. The maximum Gasteiger partial charge on any atom is 0.233 e. The topological polar surface area (TPSA) is 50.4 Å². The van der Waals surface area contributed by atoms with Gasteiger partial charge in [-0.25, -0.2) is 0 Å². The highest BCUT2D eigenvalue weighted by atomic mass is 16.5. The van der Waals surface area contributed by atoms with E-state index in [1.807, 2.05) is 38.1 Å². The molecule has 4 nitrogen and oxygen atoms in total. The van der Waals surface area contributed by atoms with Crippen LogP contribution in [0.3, 0.4) is 0 Å². The molecular weight excluding hydrogens is 228 g/mol. The molecule has 100 valence electrons. The van der Waals surface area contributed by atoms with Crippen molar-refractivity contribution in [1.29, 1.82) is 0 Å². The lowest BCUT2D eigenvalue weighted by atomic mass is 10.1. The molecule has 18 heavy (non-hydrogen) atoms. The number of nitrogens with one attached hydrogen (secondary N) is 2. The molecule has 0 unspecified atom stereocenters. The molecule has 0 aromatic heterocycles. The second-order valence-electron chi connectivity index (χ2n) is 4.23. The third-order valence-electron chi connectivity index (χ3n) is 2.73. The van der Waals surface area contributed by atoms with Crippen LogP contribution >= 0.6 is 0 Å². The molecule has 1 atom stereocenters.